The fourth-order valence-corrected chi connectivity index (χ4v) is 3.25. The standard InChI is InChI=1S/C15H27N3O3/c1-15(13(19)20)7-3-4-10-18(15)14(21)16(2)11-12-17-8-5-6-9-17/h3-12H2,1-2H3,(H,19,20). The lowest BCUT2D eigenvalue weighted by molar-refractivity contribution is -0.150. The van der Waals surface area contributed by atoms with Crippen molar-refractivity contribution in [3.8, 4) is 0 Å². The van der Waals surface area contributed by atoms with E-state index in [4.69, 9.17) is 0 Å². The molecule has 1 unspecified atom stereocenters. The van der Waals surface area contributed by atoms with Gasteiger partial charge in [-0.25, -0.2) is 9.59 Å². The van der Waals surface area contributed by atoms with Gasteiger partial charge in [0.1, 0.15) is 5.54 Å². The quantitative estimate of drug-likeness (QED) is 0.853. The minimum absolute atomic E-state index is 0.154. The van der Waals surface area contributed by atoms with E-state index >= 15 is 0 Å². The van der Waals surface area contributed by atoms with Crippen LogP contribution in [-0.2, 0) is 4.79 Å². The van der Waals surface area contributed by atoms with Crippen molar-refractivity contribution in [2.45, 2.75) is 44.6 Å². The van der Waals surface area contributed by atoms with Crippen molar-refractivity contribution in [3.63, 3.8) is 0 Å². The lowest BCUT2D eigenvalue weighted by Crippen LogP contribution is -2.60. The van der Waals surface area contributed by atoms with Gasteiger partial charge in [-0.1, -0.05) is 0 Å². The molecule has 2 fully saturated rings. The molecule has 1 atom stereocenters. The zero-order chi connectivity index (χ0) is 15.5. The molecule has 0 bridgehead atoms. The highest BCUT2D eigenvalue weighted by Gasteiger charge is 2.44. The third-order valence-corrected chi connectivity index (χ3v) is 4.86. The number of nitrogens with zero attached hydrogens (tertiary/aromatic N) is 3. The molecular weight excluding hydrogens is 270 g/mol. The molecule has 0 spiro atoms. The molecule has 0 aromatic heterocycles. The second kappa shape index (κ2) is 6.64. The second-order valence-corrected chi connectivity index (χ2v) is 6.44. The van der Waals surface area contributed by atoms with Crippen molar-refractivity contribution in [3.05, 3.63) is 0 Å². The Bertz CT molecular complexity index is 396. The van der Waals surface area contributed by atoms with Gasteiger partial charge in [0, 0.05) is 26.7 Å². The van der Waals surface area contributed by atoms with E-state index in [2.05, 4.69) is 4.90 Å². The highest BCUT2D eigenvalue weighted by molar-refractivity contribution is 5.86. The molecule has 6 nitrogen and oxygen atoms in total. The minimum atomic E-state index is -1.06. The van der Waals surface area contributed by atoms with Crippen LogP contribution in [0.2, 0.25) is 0 Å². The predicted octanol–water partition coefficient (Wildman–Crippen LogP) is 1.46. The fraction of sp³-hybridized carbons (Fsp3) is 0.867. The number of carbonyl (C=O) groups excluding carboxylic acids is 1. The van der Waals surface area contributed by atoms with Gasteiger partial charge in [0.05, 0.1) is 0 Å². The van der Waals surface area contributed by atoms with Crippen molar-refractivity contribution >= 4 is 12.0 Å². The van der Waals surface area contributed by atoms with Gasteiger partial charge in [-0.3, -0.25) is 0 Å². The van der Waals surface area contributed by atoms with Crippen molar-refractivity contribution in [2.24, 2.45) is 0 Å². The van der Waals surface area contributed by atoms with Crippen LogP contribution in [0.25, 0.3) is 0 Å². The third-order valence-electron chi connectivity index (χ3n) is 4.86. The summed E-state index contributed by atoms with van der Waals surface area (Å²) in [5.74, 6) is -0.900. The van der Waals surface area contributed by atoms with E-state index in [-0.39, 0.29) is 6.03 Å². The topological polar surface area (TPSA) is 64.1 Å². The molecule has 1 N–H and O–H groups in total. The maximum Gasteiger partial charge on any atom is 0.329 e. The third kappa shape index (κ3) is 3.48. The van der Waals surface area contributed by atoms with Crippen molar-refractivity contribution in [2.75, 3.05) is 39.8 Å². The first kappa shape index (κ1) is 16.1. The lowest BCUT2D eigenvalue weighted by Gasteiger charge is -2.43. The Morgan fingerprint density at radius 3 is 2.38 bits per heavy atom. The summed E-state index contributed by atoms with van der Waals surface area (Å²) in [6.45, 7) is 5.96. The summed E-state index contributed by atoms with van der Waals surface area (Å²) in [6, 6.07) is -0.154. The molecule has 0 radical (unpaired) electrons. The van der Waals surface area contributed by atoms with E-state index in [1.54, 1.807) is 23.8 Å². The molecule has 0 aliphatic carbocycles. The predicted molar refractivity (Wildman–Crippen MR) is 80.3 cm³/mol. The highest BCUT2D eigenvalue weighted by Crippen LogP contribution is 2.29. The average molecular weight is 297 g/mol. The number of rotatable bonds is 4. The molecule has 2 amide bonds. The Kier molecular flexibility index (Phi) is 5.08. The number of amides is 2. The molecule has 2 aliphatic heterocycles. The summed E-state index contributed by atoms with van der Waals surface area (Å²) in [5, 5.41) is 9.48. The van der Waals surface area contributed by atoms with Gasteiger partial charge in [-0.2, -0.15) is 0 Å². The maximum absolute atomic E-state index is 12.6. The molecule has 2 aliphatic rings. The van der Waals surface area contributed by atoms with Crippen molar-refractivity contribution in [1.82, 2.24) is 14.7 Å². The summed E-state index contributed by atoms with van der Waals surface area (Å²) in [7, 11) is 1.77. The van der Waals surface area contributed by atoms with Gasteiger partial charge in [-0.15, -0.1) is 0 Å². The molecule has 0 aromatic carbocycles. The van der Waals surface area contributed by atoms with Gasteiger partial charge < -0.3 is 19.8 Å². The van der Waals surface area contributed by atoms with Crippen LogP contribution in [0, 0.1) is 0 Å². The lowest BCUT2D eigenvalue weighted by atomic mass is 9.89. The maximum atomic E-state index is 12.6. The molecular formula is C15H27N3O3. The zero-order valence-corrected chi connectivity index (χ0v) is 13.2. The number of carbonyl (C=O) groups is 2. The molecule has 6 heteroatoms. The van der Waals surface area contributed by atoms with E-state index in [0.29, 0.717) is 19.5 Å². The number of likely N-dealkylation sites (N-methyl/N-ethyl adjacent to an activating group) is 1. The first-order valence-electron chi connectivity index (χ1n) is 7.93. The van der Waals surface area contributed by atoms with Crippen LogP contribution in [0.1, 0.15) is 39.0 Å². The summed E-state index contributed by atoms with van der Waals surface area (Å²) < 4.78 is 0. The summed E-state index contributed by atoms with van der Waals surface area (Å²) in [5.41, 5.74) is -1.06. The Balaban J connectivity index is 1.94. The Labute approximate surface area is 126 Å². The average Bonchev–Trinajstić information content (AvgIpc) is 2.97. The number of piperidine rings is 1. The first-order chi connectivity index (χ1) is 9.95. The molecule has 2 rings (SSSR count). The van der Waals surface area contributed by atoms with Crippen LogP contribution < -0.4 is 0 Å². The number of carboxylic acid groups (broad SMARTS) is 1. The van der Waals surface area contributed by atoms with E-state index in [0.717, 1.165) is 32.5 Å². The number of carboxylic acids is 1. The SMILES string of the molecule is CN(CCN1CCCC1)C(=O)N1CCCCC1(C)C(=O)O. The molecule has 2 saturated heterocycles. The van der Waals surface area contributed by atoms with Crippen LogP contribution in [-0.4, -0.2) is 77.1 Å². The number of hydrogen-bond donors (Lipinski definition) is 1. The first-order valence-corrected chi connectivity index (χ1v) is 7.93. The summed E-state index contributed by atoms with van der Waals surface area (Å²) >= 11 is 0. The Hall–Kier alpha value is -1.30. The minimum Gasteiger partial charge on any atom is -0.480 e. The van der Waals surface area contributed by atoms with E-state index < -0.39 is 11.5 Å². The van der Waals surface area contributed by atoms with E-state index in [1.165, 1.54) is 12.8 Å². The number of aliphatic carboxylic acids is 1. The molecule has 0 saturated carbocycles. The molecule has 120 valence electrons. The van der Waals surface area contributed by atoms with Gasteiger partial charge in [0.25, 0.3) is 0 Å². The van der Waals surface area contributed by atoms with E-state index in [9.17, 15) is 14.7 Å². The van der Waals surface area contributed by atoms with Crippen LogP contribution in [0.5, 0.6) is 0 Å². The Morgan fingerprint density at radius 1 is 1.14 bits per heavy atom. The summed E-state index contributed by atoms with van der Waals surface area (Å²) in [6.07, 6.45) is 4.76. The van der Waals surface area contributed by atoms with Crippen LogP contribution >= 0.6 is 0 Å². The normalized spacial score (nSPS) is 26.9. The number of urea groups is 1. The van der Waals surface area contributed by atoms with Crippen molar-refractivity contribution < 1.29 is 14.7 Å². The smallest absolute Gasteiger partial charge is 0.329 e. The largest absolute Gasteiger partial charge is 0.480 e. The van der Waals surface area contributed by atoms with Gasteiger partial charge in [-0.05, 0) is 52.1 Å². The second-order valence-electron chi connectivity index (χ2n) is 6.44. The molecule has 2 heterocycles. The van der Waals surface area contributed by atoms with Crippen molar-refractivity contribution in [1.29, 1.82) is 0 Å². The Morgan fingerprint density at radius 2 is 1.76 bits per heavy atom. The molecule has 21 heavy (non-hydrogen) atoms. The summed E-state index contributed by atoms with van der Waals surface area (Å²) in [4.78, 5) is 29.7. The zero-order valence-electron chi connectivity index (χ0n) is 13.2. The van der Waals surface area contributed by atoms with Gasteiger partial charge in [0.15, 0.2) is 0 Å². The van der Waals surface area contributed by atoms with Crippen LogP contribution in [0.15, 0.2) is 0 Å². The van der Waals surface area contributed by atoms with Crippen LogP contribution in [0.3, 0.4) is 0 Å². The number of likely N-dealkylation sites (tertiary alicyclic amines) is 2. The fourth-order valence-electron chi connectivity index (χ4n) is 3.25. The van der Waals surface area contributed by atoms with Crippen LogP contribution in [0.4, 0.5) is 4.79 Å². The molecule has 0 aromatic rings. The highest BCUT2D eigenvalue weighted by atomic mass is 16.4. The van der Waals surface area contributed by atoms with Gasteiger partial charge in [0.2, 0.25) is 0 Å². The van der Waals surface area contributed by atoms with Gasteiger partial charge >= 0.3 is 12.0 Å². The monoisotopic (exact) mass is 297 g/mol. The number of hydrogen-bond acceptors (Lipinski definition) is 3. The van der Waals surface area contributed by atoms with E-state index in [1.807, 2.05) is 0 Å².